The number of carbonyl (C=O) groups excluding carboxylic acids is 1. The number of nitrogens with two attached hydrogens (primary N) is 1. The summed E-state index contributed by atoms with van der Waals surface area (Å²) in [5.41, 5.74) is 6.45. The summed E-state index contributed by atoms with van der Waals surface area (Å²) in [6.45, 7) is 4.64. The van der Waals surface area contributed by atoms with E-state index in [1.165, 1.54) is 0 Å². The van der Waals surface area contributed by atoms with E-state index in [1.807, 2.05) is 13.0 Å². The monoisotopic (exact) mass is 182 g/mol. The molecule has 1 rings (SSSR count). The predicted octanol–water partition coefficient (Wildman–Crippen LogP) is 1.15. The quantitative estimate of drug-likeness (QED) is 0.697. The Morgan fingerprint density at radius 2 is 2.31 bits per heavy atom. The highest BCUT2D eigenvalue weighted by Crippen LogP contribution is 1.97. The highest BCUT2D eigenvalue weighted by atomic mass is 16.5. The van der Waals surface area contributed by atoms with Crippen LogP contribution in [0.3, 0.4) is 0 Å². The molecule has 0 unspecified atom stereocenters. The molecular weight excluding hydrogens is 168 g/mol. The zero-order chi connectivity index (χ0) is 10.1. The number of hydrogen-bond acceptors (Lipinski definition) is 4. The van der Waals surface area contributed by atoms with Crippen molar-refractivity contribution in [1.82, 2.24) is 4.98 Å². The third-order valence-electron chi connectivity index (χ3n) is 1.17. The van der Waals surface area contributed by atoms with Gasteiger partial charge in [-0.3, -0.25) is 4.79 Å². The van der Waals surface area contributed by atoms with E-state index in [0.29, 0.717) is 18.9 Å². The number of ether oxygens (including phenoxy) is 1. The molecule has 0 amide bonds. The van der Waals surface area contributed by atoms with Crippen LogP contribution in [0.15, 0.2) is 18.3 Å². The van der Waals surface area contributed by atoms with E-state index in [0.717, 1.165) is 5.56 Å². The van der Waals surface area contributed by atoms with Crippen molar-refractivity contribution >= 4 is 12.3 Å². The lowest BCUT2D eigenvalue weighted by Gasteiger charge is -1.89. The standard InChI is InChI=1S/C6H8N2.C3H6O2/c1-5-2-3-6(7)8-4-5;1-2-5-3-4/h2-4H,1H3,(H2,7,8);3H,2H2,1H3. The van der Waals surface area contributed by atoms with E-state index in [1.54, 1.807) is 19.2 Å². The average Bonchev–Trinajstić information content (AvgIpc) is 2.13. The number of aromatic nitrogens is 1. The lowest BCUT2D eigenvalue weighted by molar-refractivity contribution is -0.128. The lowest BCUT2D eigenvalue weighted by atomic mass is 10.3. The minimum Gasteiger partial charge on any atom is -0.468 e. The second-order valence-corrected chi connectivity index (χ2v) is 2.31. The van der Waals surface area contributed by atoms with Crippen LogP contribution in [0, 0.1) is 6.92 Å². The molecule has 1 aromatic rings. The van der Waals surface area contributed by atoms with Crippen LogP contribution in [0.1, 0.15) is 12.5 Å². The van der Waals surface area contributed by atoms with Crippen molar-refractivity contribution in [2.75, 3.05) is 12.3 Å². The molecule has 0 saturated carbocycles. The summed E-state index contributed by atoms with van der Waals surface area (Å²) < 4.78 is 4.15. The summed E-state index contributed by atoms with van der Waals surface area (Å²) >= 11 is 0. The lowest BCUT2D eigenvalue weighted by Crippen LogP contribution is -1.87. The molecule has 0 radical (unpaired) electrons. The third-order valence-corrected chi connectivity index (χ3v) is 1.17. The van der Waals surface area contributed by atoms with Crippen molar-refractivity contribution in [2.45, 2.75) is 13.8 Å². The fraction of sp³-hybridized carbons (Fsp3) is 0.333. The van der Waals surface area contributed by atoms with Gasteiger partial charge in [0.25, 0.3) is 6.47 Å². The highest BCUT2D eigenvalue weighted by Gasteiger charge is 1.81. The molecule has 0 fully saturated rings. The molecule has 72 valence electrons. The molecule has 0 aliphatic heterocycles. The maximum absolute atomic E-state index is 9.18. The molecule has 2 N–H and O–H groups in total. The Labute approximate surface area is 77.7 Å². The Morgan fingerprint density at radius 3 is 2.54 bits per heavy atom. The second kappa shape index (κ2) is 7.09. The first kappa shape index (κ1) is 11.4. The van der Waals surface area contributed by atoms with Gasteiger partial charge in [-0.05, 0) is 25.5 Å². The van der Waals surface area contributed by atoms with Gasteiger partial charge in [0.15, 0.2) is 0 Å². The molecule has 0 aromatic carbocycles. The van der Waals surface area contributed by atoms with Crippen LogP contribution in [0.2, 0.25) is 0 Å². The summed E-state index contributed by atoms with van der Waals surface area (Å²) in [4.78, 5) is 13.0. The molecule has 0 aliphatic rings. The van der Waals surface area contributed by atoms with Crippen LogP contribution in [0.4, 0.5) is 5.82 Å². The molecular formula is C9H14N2O2. The molecule has 0 saturated heterocycles. The van der Waals surface area contributed by atoms with Crippen molar-refractivity contribution in [3.8, 4) is 0 Å². The van der Waals surface area contributed by atoms with Gasteiger partial charge in [0.05, 0.1) is 6.61 Å². The van der Waals surface area contributed by atoms with Gasteiger partial charge >= 0.3 is 0 Å². The molecule has 0 bridgehead atoms. The number of anilines is 1. The van der Waals surface area contributed by atoms with Gasteiger partial charge in [-0.1, -0.05) is 6.07 Å². The molecule has 4 heteroatoms. The molecule has 0 aliphatic carbocycles. The fourth-order valence-electron chi connectivity index (χ4n) is 0.547. The zero-order valence-electron chi connectivity index (χ0n) is 7.86. The van der Waals surface area contributed by atoms with Crippen molar-refractivity contribution in [3.63, 3.8) is 0 Å². The number of carbonyl (C=O) groups is 1. The number of aryl methyl sites for hydroxylation is 1. The van der Waals surface area contributed by atoms with Crippen molar-refractivity contribution in [2.24, 2.45) is 0 Å². The number of nitrogen functional groups attached to an aromatic ring is 1. The Balaban J connectivity index is 0.000000252. The smallest absolute Gasteiger partial charge is 0.293 e. The molecule has 0 spiro atoms. The predicted molar refractivity (Wildman–Crippen MR) is 51.1 cm³/mol. The first-order valence-electron chi connectivity index (χ1n) is 3.94. The number of pyridine rings is 1. The maximum atomic E-state index is 9.18. The number of rotatable bonds is 2. The van der Waals surface area contributed by atoms with Crippen molar-refractivity contribution < 1.29 is 9.53 Å². The normalized spacial score (nSPS) is 8.15. The van der Waals surface area contributed by atoms with E-state index < -0.39 is 0 Å². The van der Waals surface area contributed by atoms with Gasteiger partial charge < -0.3 is 10.5 Å². The zero-order valence-corrected chi connectivity index (χ0v) is 7.86. The maximum Gasteiger partial charge on any atom is 0.293 e. The summed E-state index contributed by atoms with van der Waals surface area (Å²) in [6.07, 6.45) is 1.75. The van der Waals surface area contributed by atoms with Crippen molar-refractivity contribution in [1.29, 1.82) is 0 Å². The molecule has 1 aromatic heterocycles. The Morgan fingerprint density at radius 1 is 1.62 bits per heavy atom. The van der Waals surface area contributed by atoms with E-state index in [-0.39, 0.29) is 0 Å². The Bertz CT molecular complexity index is 213. The number of nitrogens with zero attached hydrogens (tertiary/aromatic N) is 1. The van der Waals surface area contributed by atoms with E-state index in [2.05, 4.69) is 9.72 Å². The average molecular weight is 182 g/mol. The summed E-state index contributed by atoms with van der Waals surface area (Å²) in [5.74, 6) is 0.579. The summed E-state index contributed by atoms with van der Waals surface area (Å²) in [7, 11) is 0. The van der Waals surface area contributed by atoms with Gasteiger partial charge in [-0.25, -0.2) is 4.98 Å². The van der Waals surface area contributed by atoms with E-state index in [9.17, 15) is 4.79 Å². The van der Waals surface area contributed by atoms with Gasteiger partial charge in [0, 0.05) is 6.20 Å². The second-order valence-electron chi connectivity index (χ2n) is 2.31. The number of hydrogen-bond donors (Lipinski definition) is 1. The minimum atomic E-state index is 0.431. The molecule has 13 heavy (non-hydrogen) atoms. The van der Waals surface area contributed by atoms with Crippen LogP contribution in [-0.4, -0.2) is 18.1 Å². The third kappa shape index (κ3) is 6.80. The van der Waals surface area contributed by atoms with Gasteiger partial charge in [-0.2, -0.15) is 0 Å². The van der Waals surface area contributed by atoms with Crippen LogP contribution < -0.4 is 5.73 Å². The van der Waals surface area contributed by atoms with Gasteiger partial charge in [0.1, 0.15) is 5.82 Å². The molecule has 0 atom stereocenters. The minimum absolute atomic E-state index is 0.431. The van der Waals surface area contributed by atoms with Crippen LogP contribution in [0.25, 0.3) is 0 Å². The highest BCUT2D eigenvalue weighted by molar-refractivity contribution is 5.36. The SMILES string of the molecule is CCOC=O.Cc1ccc(N)nc1. The van der Waals surface area contributed by atoms with Crippen LogP contribution in [-0.2, 0) is 9.53 Å². The Hall–Kier alpha value is -1.58. The molecule has 1 heterocycles. The first-order chi connectivity index (χ1) is 6.20. The summed E-state index contributed by atoms with van der Waals surface area (Å²) in [5, 5.41) is 0. The topological polar surface area (TPSA) is 65.2 Å². The summed E-state index contributed by atoms with van der Waals surface area (Å²) in [6, 6.07) is 3.72. The van der Waals surface area contributed by atoms with E-state index in [4.69, 9.17) is 5.73 Å². The van der Waals surface area contributed by atoms with Crippen LogP contribution >= 0.6 is 0 Å². The molecule has 4 nitrogen and oxygen atoms in total. The largest absolute Gasteiger partial charge is 0.468 e. The van der Waals surface area contributed by atoms with Crippen LogP contribution in [0.5, 0.6) is 0 Å². The Kier molecular flexibility index (Phi) is 6.23. The first-order valence-corrected chi connectivity index (χ1v) is 3.94. The van der Waals surface area contributed by atoms with Gasteiger partial charge in [0.2, 0.25) is 0 Å². The van der Waals surface area contributed by atoms with E-state index >= 15 is 0 Å². The van der Waals surface area contributed by atoms with Gasteiger partial charge in [-0.15, -0.1) is 0 Å². The van der Waals surface area contributed by atoms with Crippen molar-refractivity contribution in [3.05, 3.63) is 23.9 Å². The fourth-order valence-corrected chi connectivity index (χ4v) is 0.547.